The molecule has 48 nitrogen and oxygen atoms in total. The van der Waals surface area contributed by atoms with Crippen LogP contribution in [0.1, 0.15) is 168 Å². The molecule has 0 spiro atoms. The van der Waals surface area contributed by atoms with E-state index in [0.29, 0.717) is 11.1 Å². The second-order valence-corrected chi connectivity index (χ2v) is 39.4. The van der Waals surface area contributed by atoms with Gasteiger partial charge in [-0.3, -0.25) is 103 Å². The van der Waals surface area contributed by atoms with E-state index in [1.165, 1.54) is 43.0 Å². The van der Waals surface area contributed by atoms with Crippen LogP contribution in [0.4, 0.5) is 0 Å². The number of fused-ring (bicyclic) bond motifs is 2. The Labute approximate surface area is 854 Å². The van der Waals surface area contributed by atoms with Crippen LogP contribution in [0.15, 0.2) is 109 Å². The molecule has 0 unspecified atom stereocenters. The summed E-state index contributed by atoms with van der Waals surface area (Å²) >= 11 is 0. The molecule has 17 atom stereocenters. The van der Waals surface area contributed by atoms with Crippen LogP contribution >= 0.6 is 21.6 Å². The number of nitrogens with zero attached hydrogens (tertiary/aromatic N) is 2. The monoisotopic (exact) mass is 2070 g/mol. The summed E-state index contributed by atoms with van der Waals surface area (Å²) in [4.78, 5) is 256. The van der Waals surface area contributed by atoms with Gasteiger partial charge in [0.05, 0.1) is 19.1 Å². The molecule has 0 aliphatic carbocycles. The zero-order valence-corrected chi connectivity index (χ0v) is 84.6. The van der Waals surface area contributed by atoms with E-state index >= 15 is 52.7 Å². The number of guanidine groups is 4. The molecule has 7 rings (SSSR count). The maximum atomic E-state index is 16.0. The zero-order valence-electron chi connectivity index (χ0n) is 82.9. The van der Waals surface area contributed by atoms with Crippen LogP contribution in [-0.4, -0.2) is 291 Å². The number of nitrogens with one attached hydrogen (secondary N) is 21. The second-order valence-electron chi connectivity index (χ2n) is 36.9. The quantitative estimate of drug-likeness (QED) is 0.00915. The minimum absolute atomic E-state index is 0.00599. The van der Waals surface area contributed by atoms with Crippen LogP contribution in [-0.2, 0) is 94.3 Å². The van der Waals surface area contributed by atoms with Gasteiger partial charge in [0.2, 0.25) is 94.5 Å². The number of carbonyl (C=O) groups excluding carboxylic acids is 16. The maximum Gasteiger partial charge on any atom is 0.305 e. The first-order valence-electron chi connectivity index (χ1n) is 48.6. The third-order valence-electron chi connectivity index (χ3n) is 24.7. The Morgan fingerprint density at radius 1 is 0.466 bits per heavy atom. The molecule has 3 aliphatic rings. The van der Waals surface area contributed by atoms with Crippen molar-refractivity contribution in [2.24, 2.45) is 46.4 Å². The number of hydrogen-bond donors (Lipinski definition) is 29. The van der Waals surface area contributed by atoms with Gasteiger partial charge in [0.1, 0.15) is 96.4 Å². The molecule has 34 N–H and O–H groups in total. The van der Waals surface area contributed by atoms with Crippen molar-refractivity contribution >= 4 is 146 Å². The minimum atomic E-state index is -2.10. The topological polar surface area (TPSA) is 787 Å². The number of carbonyl (C=O) groups is 17. The molecule has 3 fully saturated rings. The summed E-state index contributed by atoms with van der Waals surface area (Å²) in [6.45, 7) is 9.68. The summed E-state index contributed by atoms with van der Waals surface area (Å²) in [6, 6.07) is 3.94. The molecule has 0 saturated carbocycles. The number of hydrogen-bond acceptors (Lipinski definition) is 25. The van der Waals surface area contributed by atoms with E-state index in [9.17, 15) is 44.1 Å². The first-order chi connectivity index (χ1) is 69.4. The summed E-state index contributed by atoms with van der Waals surface area (Å²) in [5.41, 5.74) is 30.9. The Balaban J connectivity index is 1.42. The number of rotatable bonds is 40. The Bertz CT molecular complexity index is 5190. The van der Waals surface area contributed by atoms with Gasteiger partial charge in [-0.25, -0.2) is 0 Å². The number of aliphatic hydroxyl groups is 1. The number of carboxylic acids is 1. The molecular formula is C96H142N28O20S2. The van der Waals surface area contributed by atoms with Crippen LogP contribution in [0.5, 0.6) is 5.75 Å². The van der Waals surface area contributed by atoms with Gasteiger partial charge >= 0.3 is 5.97 Å². The lowest BCUT2D eigenvalue weighted by molar-refractivity contribution is -0.148. The molecule has 3 aliphatic heterocycles. The molecule has 0 radical (unpaired) electrons. The number of aromatic hydroxyl groups is 1. The standard InChI is InChI=1S/C96H142N28O20S2/c1-8-53(6)77-90(142)118-69(48-125)85(137)115-66(46-56-31-35-60(127)36-32-56)83(135)117-68(47-75(128)129)92(144)124-72(59-22-13-10-14-23-59)37-38-74(124)88(140)121-76(52(4)5)89(141)119-70(86(138)113-63(26-17-41-108-95(102)103)80(132)111-61(78(97)130)24-15-39-106-93(98)99)49-145-146-50-71(120-81(133)64(27-18-42-109-96(104)105)112-79(131)62(110-54(7)126)25-16-40-107-94(100)101)91(143)123-43-19-28-73(123)87(139)116-65(44-51(2)3)82(134)114-67(84(136)122-77)45-55-29-33-58(34-30-55)57-20-11-9-12-21-57/h9-14,20-23,29-36,51-53,61-74,76-77,125,127H,8,15-19,24-28,37-50H2,1-7H3,(H2,97,130)(H,110,126)(H,111,132)(H,112,131)(H,113,138)(H,114,134)(H,115,137)(H,116,139)(H,117,135)(H,118,142)(H,119,141)(H,120,133)(H,121,140)(H,122,136)(H,128,129)(H4,98,99,106)(H4,100,101,107)(H4,102,103,108)(H4,104,105,109)/t53-,61-,62-,63-,64-,65-,66-,67-,68-,69-,70-,71-,72-,73-,74-,76-,77-/m0/s1. The van der Waals surface area contributed by atoms with Gasteiger partial charge in [-0.15, -0.1) is 0 Å². The van der Waals surface area contributed by atoms with E-state index in [4.69, 9.17) is 50.3 Å². The lowest BCUT2D eigenvalue weighted by Crippen LogP contribution is -2.62. The van der Waals surface area contributed by atoms with E-state index in [1.807, 2.05) is 30.3 Å². The number of aliphatic carboxylic acids is 1. The fraction of sp³-hybridized carbons (Fsp3) is 0.531. The van der Waals surface area contributed by atoms with Crippen LogP contribution in [0.2, 0.25) is 0 Å². The number of amides is 16. The average molecular weight is 2070 g/mol. The van der Waals surface area contributed by atoms with E-state index in [1.54, 1.807) is 82.3 Å². The Morgan fingerprint density at radius 3 is 1.41 bits per heavy atom. The highest BCUT2D eigenvalue weighted by Crippen LogP contribution is 2.38. The van der Waals surface area contributed by atoms with E-state index < -0.39 is 264 Å². The largest absolute Gasteiger partial charge is 0.508 e. The molecule has 16 amide bonds. The highest BCUT2D eigenvalue weighted by atomic mass is 33.1. The number of carboxylic acid groups (broad SMARTS) is 1. The molecule has 50 heteroatoms. The number of aliphatic hydroxyl groups excluding tert-OH is 1. The van der Waals surface area contributed by atoms with Gasteiger partial charge in [0.15, 0.2) is 23.8 Å². The predicted octanol–water partition coefficient (Wildman–Crippen LogP) is -2.96. The first kappa shape index (κ1) is 118. The lowest BCUT2D eigenvalue weighted by atomic mass is 9.96. The third kappa shape index (κ3) is 38.5. The maximum absolute atomic E-state index is 16.0. The van der Waals surface area contributed by atoms with Crippen molar-refractivity contribution in [1.82, 2.24) is 100 Å². The van der Waals surface area contributed by atoms with Gasteiger partial charge in [0, 0.05) is 64.0 Å². The fourth-order valence-corrected chi connectivity index (χ4v) is 19.1. The van der Waals surface area contributed by atoms with Crippen molar-refractivity contribution in [2.45, 2.75) is 254 Å². The predicted molar refractivity (Wildman–Crippen MR) is 546 cm³/mol. The van der Waals surface area contributed by atoms with Crippen LogP contribution in [0, 0.1) is 39.4 Å². The minimum Gasteiger partial charge on any atom is -0.508 e. The number of benzene rings is 4. The van der Waals surface area contributed by atoms with Crippen molar-refractivity contribution in [3.63, 3.8) is 0 Å². The Morgan fingerprint density at radius 2 is 0.904 bits per heavy atom. The second kappa shape index (κ2) is 59.6. The van der Waals surface area contributed by atoms with Gasteiger partial charge in [0.25, 0.3) is 0 Å². The number of phenols is 1. The first-order valence-corrected chi connectivity index (χ1v) is 51.1. The third-order valence-corrected chi connectivity index (χ3v) is 27.1. The van der Waals surface area contributed by atoms with Crippen molar-refractivity contribution in [3.05, 3.63) is 126 Å². The van der Waals surface area contributed by atoms with Crippen LogP contribution in [0.3, 0.4) is 0 Å². The van der Waals surface area contributed by atoms with E-state index in [2.05, 4.69) is 90.4 Å². The number of phenolic OH excluding ortho intramolecular Hbond substituents is 1. The molecule has 3 saturated heterocycles. The van der Waals surface area contributed by atoms with Crippen molar-refractivity contribution in [1.29, 1.82) is 21.6 Å². The van der Waals surface area contributed by atoms with Crippen molar-refractivity contribution in [2.75, 3.05) is 50.8 Å². The molecule has 0 aromatic heterocycles. The van der Waals surface area contributed by atoms with E-state index in [0.717, 1.165) is 44.5 Å². The van der Waals surface area contributed by atoms with Gasteiger partial charge in [-0.1, -0.05) is 167 Å². The van der Waals surface area contributed by atoms with Crippen molar-refractivity contribution in [3.8, 4) is 16.9 Å². The molecule has 146 heavy (non-hydrogen) atoms. The highest BCUT2D eigenvalue weighted by Gasteiger charge is 2.48. The summed E-state index contributed by atoms with van der Waals surface area (Å²) in [5, 5.41) is 108. The van der Waals surface area contributed by atoms with Crippen LogP contribution in [0.25, 0.3) is 11.1 Å². The highest BCUT2D eigenvalue weighted by molar-refractivity contribution is 8.76. The molecule has 4 aromatic carbocycles. The molecule has 798 valence electrons. The molecule has 4 aromatic rings. The van der Waals surface area contributed by atoms with Gasteiger partial charge < -0.3 is 144 Å². The zero-order chi connectivity index (χ0) is 108. The van der Waals surface area contributed by atoms with Crippen LogP contribution < -0.4 is 119 Å². The normalized spacial score (nSPS) is 22.0. The SMILES string of the molecule is CC[C@H](C)[C@@H]1NC(=O)[C@H](Cc2ccc(-c3ccccc3)cc2)NC(=O)[C@H](CC(C)C)NC(=O)[C@@H]2CCCN2C(=O)[C@@H](NC(=O)[C@H](CCCNC(=N)N)NC(=O)[C@H](CCCNC(=N)N)NC(C)=O)CSSC[C@@H](C(=O)N[C@@H](CCCNC(=N)N)C(=O)N[C@@H](CCCNC(=N)N)C(N)=O)NC(=O)[C@H](C(C)C)NC(=O)[C@@H]2CC[C@@H](c3ccccc3)N2C(=O)[C@H](CC(=O)O)NC(=O)[C@H](Cc2ccc(O)cc2)NC(=O)[C@H](CO)NC1=O. The molecule has 0 bridgehead atoms. The summed E-state index contributed by atoms with van der Waals surface area (Å²) < 4.78 is 0. The summed E-state index contributed by atoms with van der Waals surface area (Å²) in [7, 11) is 1.61. The van der Waals surface area contributed by atoms with Gasteiger partial charge in [-0.05, 0) is 141 Å². The lowest BCUT2D eigenvalue weighted by Gasteiger charge is -2.34. The number of nitrogens with two attached hydrogens (primary N) is 5. The summed E-state index contributed by atoms with van der Waals surface area (Å²) in [6.07, 6.45) is -2.35. The molecular weight excluding hydrogens is 1930 g/mol. The number of primary amides is 1. The van der Waals surface area contributed by atoms with E-state index in [-0.39, 0.29) is 146 Å². The Kier molecular flexibility index (Phi) is 48.3. The smallest absolute Gasteiger partial charge is 0.305 e. The Hall–Kier alpha value is -14.6. The molecule has 3 heterocycles. The summed E-state index contributed by atoms with van der Waals surface area (Å²) in [5.74, 6) is -22.8. The van der Waals surface area contributed by atoms with Gasteiger partial charge in [-0.2, -0.15) is 0 Å². The average Bonchev–Trinajstić information content (AvgIpc) is 1.63. The van der Waals surface area contributed by atoms with Crippen molar-refractivity contribution < 1.29 is 96.8 Å². The fourth-order valence-electron chi connectivity index (χ4n) is 16.8.